The van der Waals surface area contributed by atoms with Gasteiger partial charge in [-0.15, -0.1) is 0 Å². The fourth-order valence-corrected chi connectivity index (χ4v) is 6.38. The summed E-state index contributed by atoms with van der Waals surface area (Å²) < 4.78 is 42.1. The van der Waals surface area contributed by atoms with Crippen LogP contribution in [-0.2, 0) is 11.4 Å². The highest BCUT2D eigenvalue weighted by atomic mass is 19.1. The number of benzene rings is 3. The Hall–Kier alpha value is -3.41. The van der Waals surface area contributed by atoms with Crippen molar-refractivity contribution in [3.05, 3.63) is 82.9 Å². The Labute approximate surface area is 235 Å². The van der Waals surface area contributed by atoms with Gasteiger partial charge in [0.15, 0.2) is 11.6 Å². The molecule has 212 valence electrons. The van der Waals surface area contributed by atoms with Crippen molar-refractivity contribution < 1.29 is 28.2 Å². The van der Waals surface area contributed by atoms with Crippen LogP contribution in [0.1, 0.15) is 87.3 Å². The van der Waals surface area contributed by atoms with Crippen molar-refractivity contribution in [3.8, 4) is 22.6 Å². The van der Waals surface area contributed by atoms with E-state index in [1.165, 1.54) is 6.07 Å². The molecule has 6 heteroatoms. The van der Waals surface area contributed by atoms with Crippen molar-refractivity contribution in [3.63, 3.8) is 0 Å². The lowest BCUT2D eigenvalue weighted by Gasteiger charge is -2.30. The molecule has 40 heavy (non-hydrogen) atoms. The Balaban J connectivity index is 1.44. The molecule has 0 radical (unpaired) electrons. The highest BCUT2D eigenvalue weighted by molar-refractivity contribution is 5.71. The van der Waals surface area contributed by atoms with Gasteiger partial charge in [-0.25, -0.2) is 8.78 Å². The molecule has 2 saturated carbocycles. The van der Waals surface area contributed by atoms with Crippen LogP contribution >= 0.6 is 0 Å². The minimum absolute atomic E-state index is 0.0602. The molecule has 0 heterocycles. The smallest absolute Gasteiger partial charge is 0.303 e. The van der Waals surface area contributed by atoms with Gasteiger partial charge in [0.2, 0.25) is 0 Å². The molecule has 2 fully saturated rings. The van der Waals surface area contributed by atoms with Gasteiger partial charge in [-0.1, -0.05) is 63.4 Å². The van der Waals surface area contributed by atoms with Crippen LogP contribution in [-0.4, -0.2) is 18.2 Å². The number of aliphatic carboxylic acids is 1. The summed E-state index contributed by atoms with van der Waals surface area (Å²) in [6, 6.07) is 15.7. The van der Waals surface area contributed by atoms with Crippen molar-refractivity contribution in [1.29, 1.82) is 0 Å². The summed E-state index contributed by atoms with van der Waals surface area (Å²) in [6.45, 7) is 4.67. The van der Waals surface area contributed by atoms with E-state index in [2.05, 4.69) is 19.9 Å². The van der Waals surface area contributed by atoms with Crippen LogP contribution in [0.3, 0.4) is 0 Å². The summed E-state index contributed by atoms with van der Waals surface area (Å²) in [4.78, 5) is 11.5. The normalized spacial score (nSPS) is 18.9. The highest BCUT2D eigenvalue weighted by Crippen LogP contribution is 2.51. The first-order valence-corrected chi connectivity index (χ1v) is 14.3. The van der Waals surface area contributed by atoms with Gasteiger partial charge in [0.1, 0.15) is 18.2 Å². The number of carbonyl (C=O) groups is 1. The first-order valence-electron chi connectivity index (χ1n) is 14.3. The summed E-state index contributed by atoms with van der Waals surface area (Å²) in [7, 11) is 1.57. The summed E-state index contributed by atoms with van der Waals surface area (Å²) in [5.41, 5.74) is 3.74. The first-order chi connectivity index (χ1) is 19.2. The second kappa shape index (κ2) is 11.6. The second-order valence-electron chi connectivity index (χ2n) is 12.1. The third-order valence-electron chi connectivity index (χ3n) is 8.78. The number of halogens is 2. The maximum atomic E-state index is 15.6. The molecule has 0 aromatic heterocycles. The predicted octanol–water partition coefficient (Wildman–Crippen LogP) is 8.87. The third kappa shape index (κ3) is 6.16. The molecule has 3 aromatic carbocycles. The van der Waals surface area contributed by atoms with E-state index in [1.807, 2.05) is 12.1 Å². The van der Waals surface area contributed by atoms with E-state index in [0.29, 0.717) is 29.2 Å². The molecule has 2 atom stereocenters. The maximum Gasteiger partial charge on any atom is 0.303 e. The number of ether oxygens (including phenoxy) is 2. The average molecular weight is 549 g/mol. The van der Waals surface area contributed by atoms with E-state index < -0.39 is 11.8 Å². The zero-order chi connectivity index (χ0) is 28.4. The summed E-state index contributed by atoms with van der Waals surface area (Å²) in [5.74, 6) is -0.655. The second-order valence-corrected chi connectivity index (χ2v) is 12.1. The number of hydrogen-bond acceptors (Lipinski definition) is 3. The van der Waals surface area contributed by atoms with Gasteiger partial charge in [-0.3, -0.25) is 4.79 Å². The summed E-state index contributed by atoms with van der Waals surface area (Å²) >= 11 is 0. The minimum Gasteiger partial charge on any atom is -0.497 e. The van der Waals surface area contributed by atoms with E-state index in [0.717, 1.165) is 48.8 Å². The van der Waals surface area contributed by atoms with E-state index in [1.54, 1.807) is 37.4 Å². The van der Waals surface area contributed by atoms with E-state index in [-0.39, 0.29) is 41.8 Å². The molecular formula is C34H38F2O4. The van der Waals surface area contributed by atoms with Crippen LogP contribution in [0.5, 0.6) is 11.5 Å². The average Bonchev–Trinajstić information content (AvgIpc) is 3.67. The lowest BCUT2D eigenvalue weighted by molar-refractivity contribution is -0.137. The lowest BCUT2D eigenvalue weighted by Crippen LogP contribution is -2.17. The standard InChI is InChI=1S/C34H38F2O4/c1-34(2)15-5-7-29(34)27-17-22(11-13-26(27)28-19-24(39-3)12-14-30(28)35)20-40-31-8-4-6-25(33(31)36)23(18-32(37)38)16-21-9-10-21/h4,6,8,11-14,17,19,21,23,29H,5,7,9-10,15-16,18,20H2,1-3H3,(H,37,38)/t23-,29+/m1/s1. The minimum atomic E-state index is -0.925. The lowest BCUT2D eigenvalue weighted by atomic mass is 9.75. The number of carboxylic acid groups (broad SMARTS) is 1. The largest absolute Gasteiger partial charge is 0.497 e. The van der Waals surface area contributed by atoms with Crippen LogP contribution in [0.25, 0.3) is 11.1 Å². The number of hydrogen-bond donors (Lipinski definition) is 1. The molecule has 1 N–H and O–H groups in total. The topological polar surface area (TPSA) is 55.8 Å². The van der Waals surface area contributed by atoms with Gasteiger partial charge in [0.05, 0.1) is 13.5 Å². The van der Waals surface area contributed by atoms with E-state index in [9.17, 15) is 9.90 Å². The van der Waals surface area contributed by atoms with Gasteiger partial charge in [-0.2, -0.15) is 0 Å². The molecule has 0 aliphatic heterocycles. The van der Waals surface area contributed by atoms with Crippen molar-refractivity contribution in [2.45, 2.75) is 77.2 Å². The van der Waals surface area contributed by atoms with Gasteiger partial charge >= 0.3 is 5.97 Å². The van der Waals surface area contributed by atoms with Crippen LogP contribution in [0.2, 0.25) is 0 Å². The van der Waals surface area contributed by atoms with Crippen molar-refractivity contribution in [2.75, 3.05) is 7.11 Å². The predicted molar refractivity (Wildman–Crippen MR) is 152 cm³/mol. The molecule has 2 aliphatic rings. The quantitative estimate of drug-likeness (QED) is 0.260. The van der Waals surface area contributed by atoms with Crippen molar-refractivity contribution in [1.82, 2.24) is 0 Å². The Morgan fingerprint density at radius 3 is 2.52 bits per heavy atom. The van der Waals surface area contributed by atoms with Gasteiger partial charge < -0.3 is 14.6 Å². The molecule has 5 rings (SSSR count). The molecule has 0 saturated heterocycles. The van der Waals surface area contributed by atoms with Crippen molar-refractivity contribution in [2.24, 2.45) is 11.3 Å². The van der Waals surface area contributed by atoms with E-state index in [4.69, 9.17) is 9.47 Å². The van der Waals surface area contributed by atoms with Crippen LogP contribution < -0.4 is 9.47 Å². The Kier molecular flexibility index (Phi) is 8.16. The van der Waals surface area contributed by atoms with Crippen LogP contribution in [0.4, 0.5) is 8.78 Å². The van der Waals surface area contributed by atoms with Crippen LogP contribution in [0.15, 0.2) is 54.6 Å². The fourth-order valence-electron chi connectivity index (χ4n) is 6.38. The Bertz CT molecular complexity index is 1380. The zero-order valence-electron chi connectivity index (χ0n) is 23.5. The van der Waals surface area contributed by atoms with Gasteiger partial charge in [0, 0.05) is 5.56 Å². The number of methoxy groups -OCH3 is 1. The van der Waals surface area contributed by atoms with Gasteiger partial charge in [-0.05, 0) is 89.0 Å². The van der Waals surface area contributed by atoms with Crippen molar-refractivity contribution >= 4 is 5.97 Å². The molecule has 3 aromatic rings. The number of rotatable bonds is 11. The maximum absolute atomic E-state index is 15.6. The Morgan fingerprint density at radius 1 is 1.05 bits per heavy atom. The molecule has 0 bridgehead atoms. The monoisotopic (exact) mass is 548 g/mol. The van der Waals surface area contributed by atoms with E-state index >= 15 is 8.78 Å². The summed E-state index contributed by atoms with van der Waals surface area (Å²) in [5, 5.41) is 9.41. The molecule has 0 unspecified atom stereocenters. The summed E-state index contributed by atoms with van der Waals surface area (Å²) in [6.07, 6.45) is 5.94. The highest BCUT2D eigenvalue weighted by Gasteiger charge is 2.37. The Morgan fingerprint density at radius 2 is 1.85 bits per heavy atom. The molecule has 2 aliphatic carbocycles. The molecular weight excluding hydrogens is 510 g/mol. The molecule has 0 spiro atoms. The molecule has 4 nitrogen and oxygen atoms in total. The fraction of sp³-hybridized carbons (Fsp3) is 0.441. The molecule has 0 amide bonds. The van der Waals surface area contributed by atoms with Gasteiger partial charge in [0.25, 0.3) is 0 Å². The third-order valence-corrected chi connectivity index (χ3v) is 8.78. The zero-order valence-corrected chi connectivity index (χ0v) is 23.5. The van der Waals surface area contributed by atoms with Crippen LogP contribution in [0, 0.1) is 23.0 Å². The SMILES string of the molecule is COc1ccc(F)c(-c2ccc(COc3cccc([C@@H](CC(=O)O)CC4CC4)c3F)cc2[C@@H]2CCCC2(C)C)c1. The first kappa shape index (κ1) is 28.1. The number of carboxylic acids is 1.